The van der Waals surface area contributed by atoms with Crippen molar-refractivity contribution >= 4 is 16.7 Å². The van der Waals surface area contributed by atoms with Crippen molar-refractivity contribution in [3.63, 3.8) is 0 Å². The summed E-state index contributed by atoms with van der Waals surface area (Å²) in [5, 5.41) is 4.63. The summed E-state index contributed by atoms with van der Waals surface area (Å²) in [4.78, 5) is 22.0. The summed E-state index contributed by atoms with van der Waals surface area (Å²) in [5.41, 5.74) is 3.43. The van der Waals surface area contributed by atoms with Gasteiger partial charge in [0.15, 0.2) is 0 Å². The Morgan fingerprint density at radius 3 is 2.67 bits per heavy atom. The minimum atomic E-state index is -0.390. The Balaban J connectivity index is 1.61. The van der Waals surface area contributed by atoms with Crippen molar-refractivity contribution in [3.05, 3.63) is 95.4 Å². The molecule has 3 heterocycles. The number of aromatic nitrogens is 4. The number of rotatable bonds is 6. The van der Waals surface area contributed by atoms with Crippen molar-refractivity contribution in [2.45, 2.75) is 13.5 Å². The molecular weight excluding hydrogens is 423 g/mol. The molecule has 8 heteroatoms. The normalized spacial score (nSPS) is 11.1. The van der Waals surface area contributed by atoms with E-state index in [0.29, 0.717) is 28.9 Å². The number of halogens is 1. The lowest BCUT2D eigenvalue weighted by Crippen LogP contribution is -2.07. The van der Waals surface area contributed by atoms with Crippen LogP contribution in [-0.2, 0) is 6.54 Å². The van der Waals surface area contributed by atoms with E-state index in [2.05, 4.69) is 15.1 Å². The molecule has 0 saturated heterocycles. The van der Waals surface area contributed by atoms with Crippen LogP contribution in [-0.4, -0.2) is 32.6 Å². The molecule has 0 unspecified atom stereocenters. The molecule has 0 atom stereocenters. The molecule has 0 bridgehead atoms. The molecule has 2 aromatic carbocycles. The maximum atomic E-state index is 13.5. The minimum absolute atomic E-state index is 0.123. The predicted molar refractivity (Wildman–Crippen MR) is 120 cm³/mol. The van der Waals surface area contributed by atoms with Gasteiger partial charge in [-0.25, -0.2) is 4.39 Å². The van der Waals surface area contributed by atoms with Crippen LogP contribution in [0.5, 0.6) is 5.75 Å². The Bertz CT molecular complexity index is 1460. The molecule has 0 saturated carbocycles. The molecule has 0 N–H and O–H groups in total. The Morgan fingerprint density at radius 2 is 1.94 bits per heavy atom. The average Bonchev–Trinajstić information content (AvgIpc) is 3.44. The summed E-state index contributed by atoms with van der Waals surface area (Å²) in [6.07, 6.45) is 1.62. The van der Waals surface area contributed by atoms with E-state index < -0.39 is 5.78 Å². The molecule has 7 nitrogen and oxygen atoms in total. The van der Waals surface area contributed by atoms with Crippen LogP contribution >= 0.6 is 0 Å². The van der Waals surface area contributed by atoms with Crippen LogP contribution in [0.25, 0.3) is 22.4 Å². The SMILES string of the molecule is COc1ccc2c(c1)c(C(=O)c1nc(-c3ccccn3)no1)c(C)n2Cc1ccc(F)cc1. The van der Waals surface area contributed by atoms with Crippen LogP contribution in [0, 0.1) is 12.7 Å². The van der Waals surface area contributed by atoms with Gasteiger partial charge >= 0.3 is 0 Å². The topological polar surface area (TPSA) is 83.0 Å². The lowest BCUT2D eigenvalue weighted by atomic mass is 10.1. The number of benzene rings is 2. The van der Waals surface area contributed by atoms with Crippen molar-refractivity contribution in [1.82, 2.24) is 19.7 Å². The van der Waals surface area contributed by atoms with Crippen LogP contribution in [0.4, 0.5) is 4.39 Å². The Kier molecular flexibility index (Phi) is 5.18. The molecule has 0 radical (unpaired) electrons. The second-order valence-corrected chi connectivity index (χ2v) is 7.52. The van der Waals surface area contributed by atoms with Crippen LogP contribution in [0.2, 0.25) is 0 Å². The third-order valence-electron chi connectivity index (χ3n) is 5.53. The van der Waals surface area contributed by atoms with Gasteiger partial charge in [0.05, 0.1) is 12.7 Å². The molecule has 0 fully saturated rings. The highest BCUT2D eigenvalue weighted by Gasteiger charge is 2.26. The van der Waals surface area contributed by atoms with Crippen molar-refractivity contribution in [1.29, 1.82) is 0 Å². The van der Waals surface area contributed by atoms with Gasteiger partial charge in [-0.05, 0) is 55.0 Å². The van der Waals surface area contributed by atoms with Crippen molar-refractivity contribution in [2.75, 3.05) is 7.11 Å². The second kappa shape index (κ2) is 8.31. The van der Waals surface area contributed by atoms with Gasteiger partial charge in [0.25, 0.3) is 11.7 Å². The zero-order valence-electron chi connectivity index (χ0n) is 17.9. The Morgan fingerprint density at radius 1 is 1.12 bits per heavy atom. The molecule has 0 aliphatic heterocycles. The van der Waals surface area contributed by atoms with Gasteiger partial charge in [0, 0.05) is 29.3 Å². The van der Waals surface area contributed by atoms with E-state index in [1.54, 1.807) is 43.6 Å². The maximum absolute atomic E-state index is 13.5. The fourth-order valence-electron chi connectivity index (χ4n) is 3.87. The first kappa shape index (κ1) is 20.6. The number of ether oxygens (including phenoxy) is 1. The highest BCUT2D eigenvalue weighted by molar-refractivity contribution is 6.15. The summed E-state index contributed by atoms with van der Waals surface area (Å²) < 4.78 is 26.1. The number of hydrogen-bond donors (Lipinski definition) is 0. The third-order valence-corrected chi connectivity index (χ3v) is 5.53. The maximum Gasteiger partial charge on any atom is 0.299 e. The lowest BCUT2D eigenvalue weighted by Gasteiger charge is -2.09. The third kappa shape index (κ3) is 3.76. The van der Waals surface area contributed by atoms with Crippen LogP contribution in [0.3, 0.4) is 0 Å². The van der Waals surface area contributed by atoms with Gasteiger partial charge in [0.1, 0.15) is 17.3 Å². The summed E-state index contributed by atoms with van der Waals surface area (Å²) in [5.74, 6) is 0.0497. The fourth-order valence-corrected chi connectivity index (χ4v) is 3.87. The van der Waals surface area contributed by atoms with Gasteiger partial charge in [-0.1, -0.05) is 23.4 Å². The van der Waals surface area contributed by atoms with E-state index in [0.717, 1.165) is 16.8 Å². The van der Waals surface area contributed by atoms with Gasteiger partial charge < -0.3 is 13.8 Å². The average molecular weight is 442 g/mol. The quantitative estimate of drug-likeness (QED) is 0.351. The molecule has 5 aromatic rings. The zero-order chi connectivity index (χ0) is 22.9. The van der Waals surface area contributed by atoms with E-state index in [4.69, 9.17) is 9.26 Å². The minimum Gasteiger partial charge on any atom is -0.497 e. The standard InChI is InChI=1S/C25H19FN4O3/c1-15-22(23(31)25-28-24(29-33-25)20-5-3-4-12-27-20)19-13-18(32-2)10-11-21(19)30(15)14-16-6-8-17(26)9-7-16/h3-13H,14H2,1-2H3. The molecule has 3 aromatic heterocycles. The monoisotopic (exact) mass is 442 g/mol. The highest BCUT2D eigenvalue weighted by Crippen LogP contribution is 2.32. The number of hydrogen-bond acceptors (Lipinski definition) is 6. The number of ketones is 1. The second-order valence-electron chi connectivity index (χ2n) is 7.52. The van der Waals surface area contributed by atoms with Crippen molar-refractivity contribution < 1.29 is 18.4 Å². The van der Waals surface area contributed by atoms with Gasteiger partial charge in [-0.3, -0.25) is 9.78 Å². The first-order valence-electron chi connectivity index (χ1n) is 10.3. The van der Waals surface area contributed by atoms with E-state index in [9.17, 15) is 9.18 Å². The van der Waals surface area contributed by atoms with Gasteiger partial charge in [-0.15, -0.1) is 0 Å². The first-order chi connectivity index (χ1) is 16.0. The first-order valence-corrected chi connectivity index (χ1v) is 10.3. The van der Waals surface area contributed by atoms with Gasteiger partial charge in [0.2, 0.25) is 5.82 Å². The fraction of sp³-hybridized carbons (Fsp3) is 0.120. The summed E-state index contributed by atoms with van der Waals surface area (Å²) in [7, 11) is 1.57. The zero-order valence-corrected chi connectivity index (χ0v) is 17.9. The van der Waals surface area contributed by atoms with Crippen LogP contribution in [0.15, 0.2) is 71.4 Å². The number of nitrogens with zero attached hydrogens (tertiary/aromatic N) is 4. The molecular formula is C25H19FN4O3. The number of methoxy groups -OCH3 is 1. The van der Waals surface area contributed by atoms with Crippen molar-refractivity contribution in [2.24, 2.45) is 0 Å². The molecule has 0 aliphatic rings. The summed E-state index contributed by atoms with van der Waals surface area (Å²) in [6, 6.07) is 17.2. The smallest absolute Gasteiger partial charge is 0.299 e. The molecule has 0 amide bonds. The highest BCUT2D eigenvalue weighted by atomic mass is 19.1. The van der Waals surface area contributed by atoms with E-state index >= 15 is 0 Å². The predicted octanol–water partition coefficient (Wildman–Crippen LogP) is 4.82. The van der Waals surface area contributed by atoms with E-state index in [-0.39, 0.29) is 17.5 Å². The van der Waals surface area contributed by atoms with Gasteiger partial charge in [-0.2, -0.15) is 4.98 Å². The molecule has 0 spiro atoms. The number of fused-ring (bicyclic) bond motifs is 1. The molecule has 5 rings (SSSR count). The van der Waals surface area contributed by atoms with Crippen molar-refractivity contribution in [3.8, 4) is 17.3 Å². The van der Waals surface area contributed by atoms with E-state index in [1.807, 2.05) is 29.7 Å². The molecule has 164 valence electrons. The van der Waals surface area contributed by atoms with Crippen LogP contribution < -0.4 is 4.74 Å². The molecule has 33 heavy (non-hydrogen) atoms. The molecule has 0 aliphatic carbocycles. The lowest BCUT2D eigenvalue weighted by molar-refractivity contribution is 0.0994. The summed E-state index contributed by atoms with van der Waals surface area (Å²) in [6.45, 7) is 2.32. The van der Waals surface area contributed by atoms with E-state index in [1.165, 1.54) is 12.1 Å². The number of pyridine rings is 1. The Hall–Kier alpha value is -4.33. The van der Waals surface area contributed by atoms with Crippen LogP contribution in [0.1, 0.15) is 27.5 Å². The largest absolute Gasteiger partial charge is 0.497 e. The summed E-state index contributed by atoms with van der Waals surface area (Å²) >= 11 is 0. The number of carbonyl (C=O) groups excluding carboxylic acids is 1. The number of carbonyl (C=O) groups is 1. The Labute approximate surface area is 188 Å².